The lowest BCUT2D eigenvalue weighted by molar-refractivity contribution is 0.336. The van der Waals surface area contributed by atoms with E-state index in [-0.39, 0.29) is 0 Å². The van der Waals surface area contributed by atoms with Gasteiger partial charge in [-0.3, -0.25) is 0 Å². The van der Waals surface area contributed by atoms with Gasteiger partial charge in [-0.25, -0.2) is 0 Å². The Morgan fingerprint density at radius 3 is 2.59 bits per heavy atom. The number of thioether (sulfide) groups is 1. The van der Waals surface area contributed by atoms with Gasteiger partial charge in [0.25, 0.3) is 0 Å². The van der Waals surface area contributed by atoms with Gasteiger partial charge in [-0.1, -0.05) is 30.0 Å². The summed E-state index contributed by atoms with van der Waals surface area (Å²) in [6.45, 7) is 4.22. The number of benzene rings is 2. The molecular formula is C18H19Br2N5OS. The lowest BCUT2D eigenvalue weighted by Gasteiger charge is -2.11. The molecule has 0 amide bonds. The molecule has 0 saturated heterocycles. The van der Waals surface area contributed by atoms with Crippen molar-refractivity contribution in [3.8, 4) is 11.4 Å². The molecule has 0 saturated carbocycles. The molecule has 0 atom stereocenters. The van der Waals surface area contributed by atoms with Crippen molar-refractivity contribution >= 4 is 43.6 Å². The molecule has 0 aliphatic rings. The molecule has 3 rings (SSSR count). The van der Waals surface area contributed by atoms with Crippen molar-refractivity contribution in [2.45, 2.75) is 18.6 Å². The van der Waals surface area contributed by atoms with E-state index in [1.165, 1.54) is 5.56 Å². The van der Waals surface area contributed by atoms with E-state index in [9.17, 15) is 0 Å². The Hall–Kier alpha value is -1.42. The highest BCUT2D eigenvalue weighted by atomic mass is 79.9. The molecule has 1 N–H and O–H groups in total. The first-order valence-electron chi connectivity index (χ1n) is 8.47. The van der Waals surface area contributed by atoms with Crippen LogP contribution >= 0.6 is 43.6 Å². The highest BCUT2D eigenvalue weighted by molar-refractivity contribution is 9.11. The zero-order valence-corrected chi connectivity index (χ0v) is 18.7. The standard InChI is InChI=1S/C18H19Br2N5OS/c1-2-26-17-15(19)10-13(11-16(17)20)12-21-8-9-27-18-22-23-24-25(18)14-6-4-3-5-7-14/h3-7,10-11,21H,2,8-9,12H2,1H3. The van der Waals surface area contributed by atoms with Gasteiger partial charge in [-0.15, -0.1) is 5.10 Å². The Kier molecular flexibility index (Phi) is 7.69. The van der Waals surface area contributed by atoms with Crippen molar-refractivity contribution in [2.24, 2.45) is 0 Å². The second-order valence-electron chi connectivity index (χ2n) is 5.56. The van der Waals surface area contributed by atoms with Gasteiger partial charge >= 0.3 is 0 Å². The summed E-state index contributed by atoms with van der Waals surface area (Å²) in [4.78, 5) is 0. The molecule has 0 bridgehead atoms. The van der Waals surface area contributed by atoms with Crippen LogP contribution in [-0.4, -0.2) is 39.1 Å². The molecule has 2 aromatic carbocycles. The van der Waals surface area contributed by atoms with Crippen LogP contribution in [0.4, 0.5) is 0 Å². The van der Waals surface area contributed by atoms with Gasteiger partial charge in [-0.2, -0.15) is 4.68 Å². The fraction of sp³-hybridized carbons (Fsp3) is 0.278. The summed E-state index contributed by atoms with van der Waals surface area (Å²) >= 11 is 8.76. The average Bonchev–Trinajstić information content (AvgIpc) is 3.14. The quantitative estimate of drug-likeness (QED) is 0.337. The molecule has 6 nitrogen and oxygen atoms in total. The lowest BCUT2D eigenvalue weighted by Crippen LogP contribution is -2.17. The fourth-order valence-electron chi connectivity index (χ4n) is 2.44. The molecule has 0 aliphatic heterocycles. The van der Waals surface area contributed by atoms with Gasteiger partial charge in [0.05, 0.1) is 21.2 Å². The zero-order chi connectivity index (χ0) is 19.1. The smallest absolute Gasteiger partial charge is 0.214 e. The maximum Gasteiger partial charge on any atom is 0.214 e. The predicted molar refractivity (Wildman–Crippen MR) is 115 cm³/mol. The summed E-state index contributed by atoms with van der Waals surface area (Å²) in [6, 6.07) is 14.0. The molecule has 1 heterocycles. The molecule has 9 heteroatoms. The maximum atomic E-state index is 5.62. The Bertz CT molecular complexity index is 852. The number of hydrogen-bond donors (Lipinski definition) is 1. The van der Waals surface area contributed by atoms with Crippen LogP contribution in [0.1, 0.15) is 12.5 Å². The van der Waals surface area contributed by atoms with E-state index in [1.54, 1.807) is 16.4 Å². The first-order valence-corrected chi connectivity index (χ1v) is 11.0. The predicted octanol–water partition coefficient (Wildman–Crippen LogP) is 4.47. The van der Waals surface area contributed by atoms with Gasteiger partial charge in [-0.05, 0) is 79.0 Å². The number of para-hydroxylation sites is 1. The lowest BCUT2D eigenvalue weighted by atomic mass is 10.2. The third-order valence-corrected chi connectivity index (χ3v) is 5.73. The first kappa shape index (κ1) is 20.3. The molecule has 0 aliphatic carbocycles. The molecule has 0 unspecified atom stereocenters. The van der Waals surface area contributed by atoms with Crippen molar-refractivity contribution in [2.75, 3.05) is 18.9 Å². The molecular weight excluding hydrogens is 494 g/mol. The van der Waals surface area contributed by atoms with E-state index in [2.05, 4.69) is 64.8 Å². The minimum absolute atomic E-state index is 0.633. The van der Waals surface area contributed by atoms with Gasteiger partial charge in [0.1, 0.15) is 5.75 Å². The number of tetrazole rings is 1. The summed E-state index contributed by atoms with van der Waals surface area (Å²) in [5.74, 6) is 1.71. The normalized spacial score (nSPS) is 10.9. The summed E-state index contributed by atoms with van der Waals surface area (Å²) in [5.41, 5.74) is 2.14. The minimum Gasteiger partial charge on any atom is -0.492 e. The van der Waals surface area contributed by atoms with Crippen LogP contribution in [0.5, 0.6) is 5.75 Å². The van der Waals surface area contributed by atoms with Crippen LogP contribution in [-0.2, 0) is 6.54 Å². The fourth-order valence-corrected chi connectivity index (χ4v) is 4.74. The highest BCUT2D eigenvalue weighted by Crippen LogP contribution is 2.34. The SMILES string of the molecule is CCOc1c(Br)cc(CNCCSc2nnnn2-c2ccccc2)cc1Br. The van der Waals surface area contributed by atoms with Crippen LogP contribution in [0.2, 0.25) is 0 Å². The van der Waals surface area contributed by atoms with Crippen molar-refractivity contribution < 1.29 is 4.74 Å². The topological polar surface area (TPSA) is 64.9 Å². The average molecular weight is 513 g/mol. The number of halogens is 2. The Labute approximate surface area is 179 Å². The zero-order valence-electron chi connectivity index (χ0n) is 14.7. The van der Waals surface area contributed by atoms with Crippen LogP contribution in [0.3, 0.4) is 0 Å². The number of hydrogen-bond acceptors (Lipinski definition) is 6. The summed E-state index contributed by atoms with van der Waals surface area (Å²) in [7, 11) is 0. The summed E-state index contributed by atoms with van der Waals surface area (Å²) < 4.78 is 9.27. The van der Waals surface area contributed by atoms with Crippen molar-refractivity contribution in [1.29, 1.82) is 0 Å². The number of nitrogens with zero attached hydrogens (tertiary/aromatic N) is 4. The van der Waals surface area contributed by atoms with E-state index >= 15 is 0 Å². The van der Waals surface area contributed by atoms with Gasteiger partial charge in [0.2, 0.25) is 5.16 Å². The number of ether oxygens (including phenoxy) is 1. The summed E-state index contributed by atoms with van der Waals surface area (Å²) in [5, 5.41) is 16.2. The third kappa shape index (κ3) is 5.54. The van der Waals surface area contributed by atoms with Gasteiger partial charge in [0, 0.05) is 18.8 Å². The van der Waals surface area contributed by atoms with Crippen LogP contribution < -0.4 is 10.1 Å². The Balaban J connectivity index is 1.49. The number of rotatable bonds is 9. The van der Waals surface area contributed by atoms with Crippen molar-refractivity contribution in [3.05, 3.63) is 57.0 Å². The van der Waals surface area contributed by atoms with Crippen LogP contribution in [0.25, 0.3) is 5.69 Å². The number of nitrogens with one attached hydrogen (secondary N) is 1. The van der Waals surface area contributed by atoms with E-state index in [4.69, 9.17) is 4.74 Å². The van der Waals surface area contributed by atoms with Crippen molar-refractivity contribution in [1.82, 2.24) is 25.5 Å². The number of aromatic nitrogens is 4. The van der Waals surface area contributed by atoms with E-state index < -0.39 is 0 Å². The Morgan fingerprint density at radius 2 is 1.89 bits per heavy atom. The highest BCUT2D eigenvalue weighted by Gasteiger charge is 2.10. The molecule has 0 radical (unpaired) electrons. The maximum absolute atomic E-state index is 5.62. The van der Waals surface area contributed by atoms with E-state index in [0.717, 1.165) is 44.4 Å². The summed E-state index contributed by atoms with van der Waals surface area (Å²) in [6.07, 6.45) is 0. The molecule has 3 aromatic rings. The van der Waals surface area contributed by atoms with Gasteiger partial charge in [0.15, 0.2) is 0 Å². The molecule has 0 fully saturated rings. The molecule has 1 aromatic heterocycles. The largest absolute Gasteiger partial charge is 0.492 e. The third-order valence-electron chi connectivity index (χ3n) is 3.63. The minimum atomic E-state index is 0.633. The first-order chi connectivity index (χ1) is 13.2. The van der Waals surface area contributed by atoms with E-state index in [0.29, 0.717) is 6.61 Å². The van der Waals surface area contributed by atoms with Gasteiger partial charge < -0.3 is 10.1 Å². The van der Waals surface area contributed by atoms with Crippen LogP contribution in [0.15, 0.2) is 56.6 Å². The van der Waals surface area contributed by atoms with Crippen molar-refractivity contribution in [3.63, 3.8) is 0 Å². The Morgan fingerprint density at radius 1 is 1.15 bits per heavy atom. The monoisotopic (exact) mass is 511 g/mol. The molecule has 0 spiro atoms. The molecule has 27 heavy (non-hydrogen) atoms. The molecule has 142 valence electrons. The second-order valence-corrected chi connectivity index (χ2v) is 8.33. The second kappa shape index (κ2) is 10.2. The van der Waals surface area contributed by atoms with Crippen LogP contribution in [0, 0.1) is 0 Å². The van der Waals surface area contributed by atoms with E-state index in [1.807, 2.05) is 37.3 Å².